The van der Waals surface area contributed by atoms with Gasteiger partial charge in [-0.05, 0) is 31.7 Å². The quantitative estimate of drug-likeness (QED) is 0.597. The van der Waals surface area contributed by atoms with Gasteiger partial charge in [0.25, 0.3) is 0 Å². The molecule has 3 heterocycles. The summed E-state index contributed by atoms with van der Waals surface area (Å²) in [7, 11) is 1.97. The number of hydrogen-bond donors (Lipinski definition) is 1. The maximum atomic E-state index is 5.52. The van der Waals surface area contributed by atoms with Crippen molar-refractivity contribution in [3.63, 3.8) is 0 Å². The van der Waals surface area contributed by atoms with E-state index in [1.807, 2.05) is 17.9 Å². The Kier molecular flexibility index (Phi) is 6.53. The SMILES string of the molecule is CCNC(=NCc1cc(C(CC)CC)no1)N1CCC(c2cnn(C)c2)C1. The third-order valence-corrected chi connectivity index (χ3v) is 5.38. The first-order valence-corrected chi connectivity index (χ1v) is 10.1. The van der Waals surface area contributed by atoms with Crippen LogP contribution in [0.2, 0.25) is 0 Å². The molecule has 0 radical (unpaired) electrons. The zero-order chi connectivity index (χ0) is 19.2. The Morgan fingerprint density at radius 1 is 1.37 bits per heavy atom. The van der Waals surface area contributed by atoms with Crippen LogP contribution in [0.4, 0.5) is 0 Å². The average Bonchev–Trinajstić information content (AvgIpc) is 3.40. The Morgan fingerprint density at radius 3 is 2.85 bits per heavy atom. The lowest BCUT2D eigenvalue weighted by Gasteiger charge is -2.21. The predicted octanol–water partition coefficient (Wildman–Crippen LogP) is 3.27. The molecule has 2 aromatic rings. The van der Waals surface area contributed by atoms with Crippen LogP contribution in [0.5, 0.6) is 0 Å². The van der Waals surface area contributed by atoms with Crippen molar-refractivity contribution in [2.24, 2.45) is 12.0 Å². The molecular weight excluding hydrogens is 340 g/mol. The molecule has 0 aromatic carbocycles. The molecule has 1 saturated heterocycles. The highest BCUT2D eigenvalue weighted by atomic mass is 16.5. The van der Waals surface area contributed by atoms with Gasteiger partial charge < -0.3 is 14.7 Å². The number of likely N-dealkylation sites (tertiary alicyclic amines) is 1. The number of nitrogens with zero attached hydrogens (tertiary/aromatic N) is 5. The third kappa shape index (κ3) is 4.70. The van der Waals surface area contributed by atoms with E-state index < -0.39 is 0 Å². The molecule has 27 heavy (non-hydrogen) atoms. The maximum Gasteiger partial charge on any atom is 0.194 e. The van der Waals surface area contributed by atoms with E-state index in [2.05, 4.69) is 53.5 Å². The molecule has 1 fully saturated rings. The molecule has 1 aliphatic rings. The van der Waals surface area contributed by atoms with E-state index in [1.165, 1.54) is 5.56 Å². The summed E-state index contributed by atoms with van der Waals surface area (Å²) in [5.41, 5.74) is 2.36. The smallest absolute Gasteiger partial charge is 0.194 e. The molecule has 1 unspecified atom stereocenters. The minimum Gasteiger partial charge on any atom is -0.359 e. The standard InChI is InChI=1S/C20H32N6O/c1-5-15(6-2)19-10-18(27-24-19)12-22-20(21-7-3)26-9-8-16(14-26)17-11-23-25(4)13-17/h10-11,13,15-16H,5-9,12,14H2,1-4H3,(H,21,22). The topological polar surface area (TPSA) is 71.5 Å². The van der Waals surface area contributed by atoms with Crippen molar-refractivity contribution in [1.82, 2.24) is 25.2 Å². The molecule has 7 nitrogen and oxygen atoms in total. The molecule has 1 aliphatic heterocycles. The van der Waals surface area contributed by atoms with Gasteiger partial charge in [0.1, 0.15) is 6.54 Å². The van der Waals surface area contributed by atoms with E-state index in [9.17, 15) is 0 Å². The van der Waals surface area contributed by atoms with Crippen molar-refractivity contribution >= 4 is 5.96 Å². The van der Waals surface area contributed by atoms with Crippen LogP contribution in [0, 0.1) is 0 Å². The molecule has 1 N–H and O–H groups in total. The number of guanidine groups is 1. The molecule has 3 rings (SSSR count). The van der Waals surface area contributed by atoms with E-state index >= 15 is 0 Å². The Bertz CT molecular complexity index is 745. The summed E-state index contributed by atoms with van der Waals surface area (Å²) in [5, 5.41) is 12.0. The summed E-state index contributed by atoms with van der Waals surface area (Å²) >= 11 is 0. The normalized spacial score (nSPS) is 17.9. The van der Waals surface area contributed by atoms with Gasteiger partial charge in [0.15, 0.2) is 11.7 Å². The van der Waals surface area contributed by atoms with Crippen LogP contribution in [0.15, 0.2) is 28.0 Å². The fourth-order valence-electron chi connectivity index (χ4n) is 3.76. The van der Waals surface area contributed by atoms with Gasteiger partial charge in [0.2, 0.25) is 0 Å². The summed E-state index contributed by atoms with van der Waals surface area (Å²) in [6.07, 6.45) is 7.38. The first-order chi connectivity index (χ1) is 13.1. The van der Waals surface area contributed by atoms with Crippen LogP contribution in [0.25, 0.3) is 0 Å². The number of aryl methyl sites for hydroxylation is 1. The van der Waals surface area contributed by atoms with Crippen LogP contribution in [-0.4, -0.2) is 45.4 Å². The number of aromatic nitrogens is 3. The number of aliphatic imine (C=N–C) groups is 1. The minimum absolute atomic E-state index is 0.471. The molecule has 0 spiro atoms. The van der Waals surface area contributed by atoms with Gasteiger partial charge in [0, 0.05) is 50.8 Å². The van der Waals surface area contributed by atoms with E-state index in [0.717, 1.165) is 56.3 Å². The van der Waals surface area contributed by atoms with Crippen LogP contribution < -0.4 is 5.32 Å². The predicted molar refractivity (Wildman–Crippen MR) is 107 cm³/mol. The monoisotopic (exact) mass is 372 g/mol. The Balaban J connectivity index is 1.65. The molecule has 0 aliphatic carbocycles. The van der Waals surface area contributed by atoms with Gasteiger partial charge >= 0.3 is 0 Å². The van der Waals surface area contributed by atoms with Gasteiger partial charge in [-0.15, -0.1) is 0 Å². The lowest BCUT2D eigenvalue weighted by atomic mass is 9.99. The van der Waals surface area contributed by atoms with E-state index in [1.54, 1.807) is 0 Å². The molecule has 2 aromatic heterocycles. The van der Waals surface area contributed by atoms with Crippen molar-refractivity contribution < 1.29 is 4.52 Å². The van der Waals surface area contributed by atoms with Gasteiger partial charge in [-0.3, -0.25) is 4.68 Å². The van der Waals surface area contributed by atoms with E-state index in [0.29, 0.717) is 18.4 Å². The molecule has 0 bridgehead atoms. The fraction of sp³-hybridized carbons (Fsp3) is 0.650. The number of rotatable bonds is 7. The zero-order valence-electron chi connectivity index (χ0n) is 17.0. The van der Waals surface area contributed by atoms with Crippen molar-refractivity contribution in [3.05, 3.63) is 35.5 Å². The second kappa shape index (κ2) is 9.06. The van der Waals surface area contributed by atoms with Crippen LogP contribution >= 0.6 is 0 Å². The Morgan fingerprint density at radius 2 is 2.19 bits per heavy atom. The van der Waals surface area contributed by atoms with Crippen LogP contribution in [0.3, 0.4) is 0 Å². The van der Waals surface area contributed by atoms with E-state index in [-0.39, 0.29) is 0 Å². The van der Waals surface area contributed by atoms with Crippen LogP contribution in [-0.2, 0) is 13.6 Å². The second-order valence-corrected chi connectivity index (χ2v) is 7.28. The zero-order valence-corrected chi connectivity index (χ0v) is 17.0. The molecular formula is C20H32N6O. The summed E-state index contributed by atoms with van der Waals surface area (Å²) < 4.78 is 7.39. The lowest BCUT2D eigenvalue weighted by Crippen LogP contribution is -2.39. The van der Waals surface area contributed by atoms with Gasteiger partial charge in [-0.2, -0.15) is 5.10 Å². The number of hydrogen-bond acceptors (Lipinski definition) is 4. The number of nitrogens with one attached hydrogen (secondary N) is 1. The maximum absolute atomic E-state index is 5.52. The summed E-state index contributed by atoms with van der Waals surface area (Å²) in [6, 6.07) is 2.06. The van der Waals surface area contributed by atoms with Crippen molar-refractivity contribution in [2.45, 2.75) is 58.4 Å². The first kappa shape index (κ1) is 19.5. The van der Waals surface area contributed by atoms with E-state index in [4.69, 9.17) is 9.52 Å². The van der Waals surface area contributed by atoms with Crippen molar-refractivity contribution in [3.8, 4) is 0 Å². The highest BCUT2D eigenvalue weighted by Crippen LogP contribution is 2.27. The molecule has 148 valence electrons. The largest absolute Gasteiger partial charge is 0.359 e. The third-order valence-electron chi connectivity index (χ3n) is 5.38. The molecule has 7 heteroatoms. The Hall–Kier alpha value is -2.31. The van der Waals surface area contributed by atoms with Gasteiger partial charge in [0.05, 0.1) is 11.9 Å². The minimum atomic E-state index is 0.471. The summed E-state index contributed by atoms with van der Waals surface area (Å²) in [6.45, 7) is 9.81. The Labute approximate surface area is 161 Å². The fourth-order valence-corrected chi connectivity index (χ4v) is 3.76. The average molecular weight is 373 g/mol. The second-order valence-electron chi connectivity index (χ2n) is 7.28. The molecule has 0 saturated carbocycles. The molecule has 1 atom stereocenters. The van der Waals surface area contributed by atoms with Gasteiger partial charge in [-0.1, -0.05) is 19.0 Å². The summed E-state index contributed by atoms with van der Waals surface area (Å²) in [5.74, 6) is 2.76. The highest BCUT2D eigenvalue weighted by molar-refractivity contribution is 5.80. The molecule has 0 amide bonds. The van der Waals surface area contributed by atoms with Crippen LogP contribution in [0.1, 0.15) is 68.9 Å². The lowest BCUT2D eigenvalue weighted by molar-refractivity contribution is 0.371. The highest BCUT2D eigenvalue weighted by Gasteiger charge is 2.27. The van der Waals surface area contributed by atoms with Gasteiger partial charge in [-0.25, -0.2) is 4.99 Å². The summed E-state index contributed by atoms with van der Waals surface area (Å²) in [4.78, 5) is 7.13. The first-order valence-electron chi connectivity index (χ1n) is 10.1. The van der Waals surface area contributed by atoms with Crippen molar-refractivity contribution in [1.29, 1.82) is 0 Å². The van der Waals surface area contributed by atoms with Crippen molar-refractivity contribution in [2.75, 3.05) is 19.6 Å².